The van der Waals surface area contributed by atoms with E-state index in [1.54, 1.807) is 42.5 Å². The molecule has 0 spiro atoms. The fourth-order valence-electron chi connectivity index (χ4n) is 6.57. The van der Waals surface area contributed by atoms with Crippen molar-refractivity contribution in [3.05, 3.63) is 118 Å². The van der Waals surface area contributed by atoms with Crippen molar-refractivity contribution in [2.24, 2.45) is 11.8 Å². The van der Waals surface area contributed by atoms with E-state index in [9.17, 15) is 19.5 Å². The summed E-state index contributed by atoms with van der Waals surface area (Å²) in [7, 11) is 1.49. The van der Waals surface area contributed by atoms with Gasteiger partial charge in [-0.05, 0) is 78.4 Å². The zero-order chi connectivity index (χ0) is 34.4. The van der Waals surface area contributed by atoms with Crippen molar-refractivity contribution in [1.29, 1.82) is 0 Å². The van der Waals surface area contributed by atoms with E-state index >= 15 is 0 Å². The average molecular weight is 669 g/mol. The van der Waals surface area contributed by atoms with Gasteiger partial charge in [0, 0.05) is 28.7 Å². The van der Waals surface area contributed by atoms with Crippen LogP contribution < -0.4 is 20.1 Å². The Morgan fingerprint density at radius 1 is 0.854 bits per heavy atom. The summed E-state index contributed by atoms with van der Waals surface area (Å²) in [5.74, 6) is -4.21. The molecule has 4 atom stereocenters. The Morgan fingerprint density at radius 3 is 2.02 bits per heavy atom. The molecule has 0 aromatic heterocycles. The number of hydrogen-bond donors (Lipinski definition) is 3. The molecule has 48 heavy (non-hydrogen) atoms. The molecule has 1 aliphatic carbocycles. The summed E-state index contributed by atoms with van der Waals surface area (Å²) >= 11 is 6.03. The second kappa shape index (κ2) is 15.0. The summed E-state index contributed by atoms with van der Waals surface area (Å²) in [6, 6.07) is 27.2. The first kappa shape index (κ1) is 34.7. The van der Waals surface area contributed by atoms with Gasteiger partial charge >= 0.3 is 0 Å². The number of nitrogens with one attached hydrogen (secondary N) is 2. The summed E-state index contributed by atoms with van der Waals surface area (Å²) in [5.41, 5.74) is 2.64. The van der Waals surface area contributed by atoms with Crippen molar-refractivity contribution in [3.8, 4) is 11.5 Å². The number of benzene rings is 4. The van der Waals surface area contributed by atoms with Crippen LogP contribution in [0, 0.1) is 11.8 Å². The molecule has 250 valence electrons. The number of rotatable bonds is 11. The van der Waals surface area contributed by atoms with Gasteiger partial charge in [0.05, 0.1) is 18.6 Å². The molecule has 0 aliphatic heterocycles. The van der Waals surface area contributed by atoms with Gasteiger partial charge in [-0.1, -0.05) is 80.0 Å². The number of aryl methyl sites for hydroxylation is 2. The molecule has 0 saturated heterocycles. The molecule has 1 aliphatic rings. The third-order valence-corrected chi connectivity index (χ3v) is 9.28. The Bertz CT molecular complexity index is 1790. The number of anilines is 2. The minimum absolute atomic E-state index is 0.243. The van der Waals surface area contributed by atoms with E-state index in [1.807, 2.05) is 62.4 Å². The van der Waals surface area contributed by atoms with Crippen LogP contribution in [0.25, 0.3) is 0 Å². The smallest absolute Gasteiger partial charge is 0.235 e. The van der Waals surface area contributed by atoms with Crippen molar-refractivity contribution in [1.82, 2.24) is 0 Å². The molecule has 4 aromatic carbocycles. The number of amides is 2. The highest BCUT2D eigenvalue weighted by molar-refractivity contribution is 6.30. The topological polar surface area (TPSA) is 114 Å². The molecule has 0 bridgehead atoms. The third kappa shape index (κ3) is 7.56. The highest BCUT2D eigenvalue weighted by Gasteiger charge is 2.56. The normalized spacial score (nSPS) is 20.5. The number of halogens is 1. The second-order valence-electron chi connectivity index (χ2n) is 12.3. The number of Topliss-reactive ketones (excluding diaryl/α,β-unsaturated/α-hetero) is 1. The van der Waals surface area contributed by atoms with Crippen LogP contribution in [0.1, 0.15) is 55.4 Å². The van der Waals surface area contributed by atoms with Crippen molar-refractivity contribution in [2.75, 3.05) is 17.7 Å². The van der Waals surface area contributed by atoms with E-state index in [-0.39, 0.29) is 13.0 Å². The molecule has 4 unspecified atom stereocenters. The number of methoxy groups -OCH3 is 1. The number of carbonyl (C=O) groups excluding carboxylic acids is 3. The number of ketones is 1. The summed E-state index contributed by atoms with van der Waals surface area (Å²) in [6.45, 7) is 5.69. The lowest BCUT2D eigenvalue weighted by Crippen LogP contribution is -2.56. The van der Waals surface area contributed by atoms with Crippen LogP contribution in [0.15, 0.2) is 91.0 Å². The minimum atomic E-state index is -1.76. The van der Waals surface area contributed by atoms with Crippen molar-refractivity contribution in [2.45, 2.75) is 58.2 Å². The van der Waals surface area contributed by atoms with Crippen LogP contribution in [0.2, 0.25) is 5.02 Å². The van der Waals surface area contributed by atoms with E-state index in [1.165, 1.54) is 14.0 Å². The van der Waals surface area contributed by atoms with Crippen LogP contribution >= 0.6 is 11.6 Å². The molecule has 3 N–H and O–H groups in total. The van der Waals surface area contributed by atoms with Crippen LogP contribution in [-0.4, -0.2) is 35.4 Å². The number of ether oxygens (including phenoxy) is 2. The standard InChI is InChI=1S/C39H41ClN2O6/c1-5-25-11-7-9-13-29(25)41-37(44)35-31(43)22-39(3,46)36(38(45)42-30-14-10-8-12-26(30)6-2)34(35)27-17-20-32(33(21-27)47-4)48-23-24-15-18-28(40)19-16-24/h7-21,34-36,46H,5-6,22-23H2,1-4H3,(H,41,44)(H,42,45). The molecular formula is C39H41ClN2O6. The highest BCUT2D eigenvalue weighted by Crippen LogP contribution is 2.48. The Kier molecular flexibility index (Phi) is 10.9. The quantitative estimate of drug-likeness (QED) is 0.144. The van der Waals surface area contributed by atoms with Gasteiger partial charge in [-0.3, -0.25) is 14.4 Å². The largest absolute Gasteiger partial charge is 0.493 e. The zero-order valence-corrected chi connectivity index (χ0v) is 28.3. The lowest BCUT2D eigenvalue weighted by atomic mass is 9.61. The fourth-order valence-corrected chi connectivity index (χ4v) is 6.69. The molecule has 0 heterocycles. The molecule has 1 fully saturated rings. The molecular weight excluding hydrogens is 628 g/mol. The lowest BCUT2D eigenvalue weighted by molar-refractivity contribution is -0.150. The Morgan fingerprint density at radius 2 is 1.44 bits per heavy atom. The summed E-state index contributed by atoms with van der Waals surface area (Å²) < 4.78 is 11.8. The van der Waals surface area contributed by atoms with Gasteiger partial charge in [-0.2, -0.15) is 0 Å². The maximum absolute atomic E-state index is 14.3. The summed E-state index contributed by atoms with van der Waals surface area (Å²) in [4.78, 5) is 42.3. The van der Waals surface area contributed by atoms with Crippen LogP contribution in [0.5, 0.6) is 11.5 Å². The SMILES string of the molecule is CCc1ccccc1NC(=O)C1C(=O)CC(C)(O)C(C(=O)Nc2ccccc2CC)C1c1ccc(OCc2ccc(Cl)cc2)c(OC)c1. The number of carbonyl (C=O) groups is 3. The van der Waals surface area contributed by atoms with Gasteiger partial charge in [0.25, 0.3) is 0 Å². The van der Waals surface area contributed by atoms with E-state index in [4.69, 9.17) is 21.1 Å². The second-order valence-corrected chi connectivity index (χ2v) is 12.7. The molecule has 2 amide bonds. The molecule has 4 aromatic rings. The molecule has 8 nitrogen and oxygen atoms in total. The Balaban J connectivity index is 1.57. The van der Waals surface area contributed by atoms with E-state index in [0.29, 0.717) is 46.3 Å². The molecule has 0 radical (unpaired) electrons. The lowest BCUT2D eigenvalue weighted by Gasteiger charge is -2.44. The number of para-hydroxylation sites is 2. The van der Waals surface area contributed by atoms with Gasteiger partial charge < -0.3 is 25.2 Å². The number of aliphatic hydroxyl groups is 1. The van der Waals surface area contributed by atoms with Gasteiger partial charge in [-0.25, -0.2) is 0 Å². The predicted molar refractivity (Wildman–Crippen MR) is 188 cm³/mol. The fraction of sp³-hybridized carbons (Fsp3) is 0.308. The summed E-state index contributed by atoms with van der Waals surface area (Å²) in [5, 5.41) is 18.4. The zero-order valence-electron chi connectivity index (χ0n) is 27.6. The van der Waals surface area contributed by atoms with E-state index in [2.05, 4.69) is 10.6 Å². The van der Waals surface area contributed by atoms with Gasteiger partial charge in [0.1, 0.15) is 18.3 Å². The summed E-state index contributed by atoms with van der Waals surface area (Å²) in [6.07, 6.45) is 0.976. The van der Waals surface area contributed by atoms with Gasteiger partial charge in [-0.15, -0.1) is 0 Å². The Hall–Kier alpha value is -4.66. The first-order valence-corrected chi connectivity index (χ1v) is 16.5. The first-order valence-electron chi connectivity index (χ1n) is 16.1. The van der Waals surface area contributed by atoms with Gasteiger partial charge in [0.2, 0.25) is 11.8 Å². The maximum atomic E-state index is 14.3. The van der Waals surface area contributed by atoms with Crippen LogP contribution in [0.3, 0.4) is 0 Å². The monoisotopic (exact) mass is 668 g/mol. The molecule has 1 saturated carbocycles. The predicted octanol–water partition coefficient (Wildman–Crippen LogP) is 7.37. The minimum Gasteiger partial charge on any atom is -0.493 e. The van der Waals surface area contributed by atoms with E-state index < -0.39 is 41.0 Å². The van der Waals surface area contributed by atoms with Crippen molar-refractivity contribution >= 4 is 40.6 Å². The van der Waals surface area contributed by atoms with Crippen molar-refractivity contribution in [3.63, 3.8) is 0 Å². The average Bonchev–Trinajstić information content (AvgIpc) is 3.07. The first-order chi connectivity index (χ1) is 23.1. The number of hydrogen-bond acceptors (Lipinski definition) is 6. The maximum Gasteiger partial charge on any atom is 0.235 e. The van der Waals surface area contributed by atoms with Crippen molar-refractivity contribution < 1.29 is 29.0 Å². The van der Waals surface area contributed by atoms with Gasteiger partial charge in [0.15, 0.2) is 11.5 Å². The Labute approximate surface area is 286 Å². The van der Waals surface area contributed by atoms with E-state index in [0.717, 1.165) is 16.7 Å². The highest BCUT2D eigenvalue weighted by atomic mass is 35.5. The van der Waals surface area contributed by atoms with Crippen LogP contribution in [0.4, 0.5) is 11.4 Å². The van der Waals surface area contributed by atoms with Crippen LogP contribution in [-0.2, 0) is 33.8 Å². The molecule has 9 heteroatoms. The molecule has 5 rings (SSSR count). The third-order valence-electron chi connectivity index (χ3n) is 9.02.